The molecule has 2 aromatic carbocycles. The molecule has 5 nitrogen and oxygen atoms in total. The lowest BCUT2D eigenvalue weighted by atomic mass is 9.97. The first-order valence-corrected chi connectivity index (χ1v) is 11.9. The molecule has 1 N–H and O–H groups in total. The molecule has 1 aliphatic rings. The van der Waals surface area contributed by atoms with Crippen LogP contribution in [0, 0.1) is 12.8 Å². The molecule has 1 fully saturated rings. The fraction of sp³-hybridized carbons (Fsp3) is 0.435. The normalized spacial score (nSPS) is 17.8. The third-order valence-electron chi connectivity index (χ3n) is 5.42. The number of hydrogen-bond acceptors (Lipinski definition) is 4. The third-order valence-corrected chi connectivity index (χ3v) is 7.15. The molecular formula is C23H30N2O3S. The summed E-state index contributed by atoms with van der Waals surface area (Å²) in [7, 11) is -3.43. The van der Waals surface area contributed by atoms with E-state index in [0.29, 0.717) is 12.5 Å². The Bertz CT molecular complexity index is 895. The van der Waals surface area contributed by atoms with E-state index in [-0.39, 0.29) is 23.0 Å². The summed E-state index contributed by atoms with van der Waals surface area (Å²) in [6, 6.07) is 17.2. The van der Waals surface area contributed by atoms with E-state index in [2.05, 4.69) is 34.5 Å². The molecule has 156 valence electrons. The number of carbonyl (C=O) groups excluding carboxylic acids is 1. The van der Waals surface area contributed by atoms with Crippen LogP contribution in [0.15, 0.2) is 59.5 Å². The SMILES string of the molecule is Cc1ccc(S(=O)(=O)CCC(=O)NCC2CCCN(Cc3ccccc3)C2)cc1. The number of piperidine rings is 1. The van der Waals surface area contributed by atoms with Gasteiger partial charge in [-0.1, -0.05) is 48.0 Å². The number of nitrogens with zero attached hydrogens (tertiary/aromatic N) is 1. The van der Waals surface area contributed by atoms with Crippen LogP contribution in [0.4, 0.5) is 0 Å². The molecule has 1 aliphatic heterocycles. The zero-order valence-corrected chi connectivity index (χ0v) is 17.8. The van der Waals surface area contributed by atoms with Crippen LogP contribution < -0.4 is 5.32 Å². The van der Waals surface area contributed by atoms with Crippen molar-refractivity contribution in [2.24, 2.45) is 5.92 Å². The van der Waals surface area contributed by atoms with Gasteiger partial charge in [0.25, 0.3) is 0 Å². The topological polar surface area (TPSA) is 66.5 Å². The van der Waals surface area contributed by atoms with Gasteiger partial charge in [0.15, 0.2) is 9.84 Å². The Labute approximate surface area is 174 Å². The maximum atomic E-state index is 12.4. The van der Waals surface area contributed by atoms with Crippen molar-refractivity contribution in [2.75, 3.05) is 25.4 Å². The van der Waals surface area contributed by atoms with Crippen LogP contribution in [0.3, 0.4) is 0 Å². The third kappa shape index (κ3) is 6.68. The van der Waals surface area contributed by atoms with Crippen molar-refractivity contribution in [3.05, 3.63) is 65.7 Å². The van der Waals surface area contributed by atoms with Crippen molar-refractivity contribution in [3.63, 3.8) is 0 Å². The standard InChI is InChI=1S/C23H30N2O3S/c1-19-9-11-22(12-10-19)29(27,28)15-13-23(26)24-16-21-8-5-14-25(18-21)17-20-6-3-2-4-7-20/h2-4,6-7,9-12,21H,5,8,13-18H2,1H3,(H,24,26). The van der Waals surface area contributed by atoms with Gasteiger partial charge in [-0.25, -0.2) is 8.42 Å². The number of carbonyl (C=O) groups is 1. The van der Waals surface area contributed by atoms with Crippen molar-refractivity contribution in [2.45, 2.75) is 37.6 Å². The van der Waals surface area contributed by atoms with Gasteiger partial charge in [-0.3, -0.25) is 9.69 Å². The van der Waals surface area contributed by atoms with Gasteiger partial charge >= 0.3 is 0 Å². The van der Waals surface area contributed by atoms with Crippen LogP contribution in [0.5, 0.6) is 0 Å². The van der Waals surface area contributed by atoms with E-state index in [9.17, 15) is 13.2 Å². The summed E-state index contributed by atoms with van der Waals surface area (Å²) in [6.45, 7) is 5.48. The molecule has 0 bridgehead atoms. The molecule has 1 atom stereocenters. The number of benzene rings is 2. The van der Waals surface area contributed by atoms with Crippen LogP contribution in [0.25, 0.3) is 0 Å². The highest BCUT2D eigenvalue weighted by molar-refractivity contribution is 7.91. The van der Waals surface area contributed by atoms with Gasteiger partial charge in [0.05, 0.1) is 10.6 Å². The monoisotopic (exact) mass is 414 g/mol. The lowest BCUT2D eigenvalue weighted by Gasteiger charge is -2.32. The molecule has 1 saturated heterocycles. The molecule has 1 heterocycles. The molecule has 0 aromatic heterocycles. The Kier molecular flexibility index (Phi) is 7.45. The zero-order chi connectivity index (χ0) is 20.7. The second kappa shape index (κ2) is 10.0. The van der Waals surface area contributed by atoms with Gasteiger partial charge in [-0.2, -0.15) is 0 Å². The number of rotatable bonds is 8. The Morgan fingerprint density at radius 3 is 2.55 bits per heavy atom. The first-order chi connectivity index (χ1) is 13.9. The van der Waals surface area contributed by atoms with Crippen molar-refractivity contribution in [1.29, 1.82) is 0 Å². The molecule has 6 heteroatoms. The predicted octanol–water partition coefficient (Wildman–Crippen LogP) is 3.19. The summed E-state index contributed by atoms with van der Waals surface area (Å²) in [4.78, 5) is 14.9. The average molecular weight is 415 g/mol. The first kappa shape index (κ1) is 21.5. The average Bonchev–Trinajstić information content (AvgIpc) is 2.72. The highest BCUT2D eigenvalue weighted by atomic mass is 32.2. The number of sulfone groups is 1. The van der Waals surface area contributed by atoms with Crippen LogP contribution in [-0.2, 0) is 21.2 Å². The summed E-state index contributed by atoms with van der Waals surface area (Å²) in [5.74, 6) is 0.0539. The Balaban J connectivity index is 1.42. The minimum Gasteiger partial charge on any atom is -0.356 e. The van der Waals surface area contributed by atoms with E-state index in [1.165, 1.54) is 5.56 Å². The second-order valence-corrected chi connectivity index (χ2v) is 10.0. The first-order valence-electron chi connectivity index (χ1n) is 10.2. The maximum absolute atomic E-state index is 12.4. The minimum absolute atomic E-state index is 0.00331. The summed E-state index contributed by atoms with van der Waals surface area (Å²) < 4.78 is 24.8. The molecule has 1 unspecified atom stereocenters. The molecule has 0 radical (unpaired) electrons. The predicted molar refractivity (Wildman–Crippen MR) is 115 cm³/mol. The molecule has 0 aliphatic carbocycles. The highest BCUT2D eigenvalue weighted by Gasteiger charge is 2.21. The fourth-order valence-corrected chi connectivity index (χ4v) is 4.98. The Morgan fingerprint density at radius 1 is 1.10 bits per heavy atom. The summed E-state index contributed by atoms with van der Waals surface area (Å²) in [5, 5.41) is 2.94. The van der Waals surface area contributed by atoms with Crippen LogP contribution in [-0.4, -0.2) is 44.6 Å². The number of hydrogen-bond donors (Lipinski definition) is 1. The fourth-order valence-electron chi connectivity index (χ4n) is 3.74. The molecule has 0 spiro atoms. The highest BCUT2D eigenvalue weighted by Crippen LogP contribution is 2.18. The van der Waals surface area contributed by atoms with Crippen LogP contribution in [0.2, 0.25) is 0 Å². The maximum Gasteiger partial charge on any atom is 0.221 e. The Hall–Kier alpha value is -2.18. The number of nitrogens with one attached hydrogen (secondary N) is 1. The number of amides is 1. The van der Waals surface area contributed by atoms with Crippen LogP contribution in [0.1, 0.15) is 30.4 Å². The van der Waals surface area contributed by atoms with Crippen molar-refractivity contribution in [1.82, 2.24) is 10.2 Å². The van der Waals surface area contributed by atoms with E-state index >= 15 is 0 Å². The van der Waals surface area contributed by atoms with Crippen molar-refractivity contribution < 1.29 is 13.2 Å². The second-order valence-electron chi connectivity index (χ2n) is 7.91. The number of likely N-dealkylation sites (tertiary alicyclic amines) is 1. The van der Waals surface area contributed by atoms with Crippen molar-refractivity contribution in [3.8, 4) is 0 Å². The lowest BCUT2D eigenvalue weighted by Crippen LogP contribution is -2.40. The molecule has 1 amide bonds. The van der Waals surface area contributed by atoms with Gasteiger partial charge in [-0.05, 0) is 49.9 Å². The van der Waals surface area contributed by atoms with E-state index in [4.69, 9.17) is 0 Å². The largest absolute Gasteiger partial charge is 0.356 e. The number of aryl methyl sites for hydroxylation is 1. The molecule has 2 aromatic rings. The van der Waals surface area contributed by atoms with Gasteiger partial charge in [-0.15, -0.1) is 0 Å². The molecule has 0 saturated carbocycles. The van der Waals surface area contributed by atoms with Gasteiger partial charge in [0, 0.05) is 26.1 Å². The Morgan fingerprint density at radius 2 is 1.83 bits per heavy atom. The smallest absolute Gasteiger partial charge is 0.221 e. The zero-order valence-electron chi connectivity index (χ0n) is 17.0. The van der Waals surface area contributed by atoms with Gasteiger partial charge in [0.2, 0.25) is 5.91 Å². The van der Waals surface area contributed by atoms with Crippen molar-refractivity contribution >= 4 is 15.7 Å². The summed E-state index contributed by atoms with van der Waals surface area (Å²) in [6.07, 6.45) is 2.21. The van der Waals surface area contributed by atoms with E-state index in [1.54, 1.807) is 24.3 Å². The van der Waals surface area contributed by atoms with Crippen LogP contribution >= 0.6 is 0 Å². The quantitative estimate of drug-likeness (QED) is 0.720. The van der Waals surface area contributed by atoms with E-state index in [0.717, 1.165) is 38.0 Å². The minimum atomic E-state index is -3.43. The summed E-state index contributed by atoms with van der Waals surface area (Å²) in [5.41, 5.74) is 2.31. The van der Waals surface area contributed by atoms with Gasteiger partial charge in [0.1, 0.15) is 0 Å². The lowest BCUT2D eigenvalue weighted by molar-refractivity contribution is -0.121. The van der Waals surface area contributed by atoms with E-state index < -0.39 is 9.84 Å². The molecule has 29 heavy (non-hydrogen) atoms. The molecular weight excluding hydrogens is 384 g/mol. The van der Waals surface area contributed by atoms with Gasteiger partial charge < -0.3 is 5.32 Å². The molecule has 3 rings (SSSR count). The summed E-state index contributed by atoms with van der Waals surface area (Å²) >= 11 is 0. The van der Waals surface area contributed by atoms with E-state index in [1.807, 2.05) is 13.0 Å².